The SMILES string of the molecule is CC1(C)COC(=O)N[C@@H]1c1c(F)cc(F)cc1F. The molecule has 18 heavy (non-hydrogen) atoms. The van der Waals surface area contributed by atoms with E-state index in [1.54, 1.807) is 13.8 Å². The summed E-state index contributed by atoms with van der Waals surface area (Å²) in [6, 6.07) is 0.283. The molecule has 0 radical (unpaired) electrons. The molecule has 0 saturated carbocycles. The van der Waals surface area contributed by atoms with E-state index in [9.17, 15) is 18.0 Å². The third-order valence-electron chi connectivity index (χ3n) is 2.95. The van der Waals surface area contributed by atoms with Gasteiger partial charge in [-0.25, -0.2) is 18.0 Å². The van der Waals surface area contributed by atoms with E-state index in [-0.39, 0.29) is 12.2 Å². The minimum Gasteiger partial charge on any atom is -0.449 e. The summed E-state index contributed by atoms with van der Waals surface area (Å²) < 4.78 is 45.0. The first-order valence-corrected chi connectivity index (χ1v) is 5.39. The zero-order valence-corrected chi connectivity index (χ0v) is 9.89. The highest BCUT2D eigenvalue weighted by Gasteiger charge is 2.40. The van der Waals surface area contributed by atoms with Crippen molar-refractivity contribution in [2.75, 3.05) is 6.61 Å². The van der Waals surface area contributed by atoms with E-state index in [0.717, 1.165) is 0 Å². The molecule has 3 nitrogen and oxygen atoms in total. The van der Waals surface area contributed by atoms with Gasteiger partial charge in [0.1, 0.15) is 24.1 Å². The molecule has 0 aliphatic carbocycles. The van der Waals surface area contributed by atoms with Crippen LogP contribution in [-0.2, 0) is 4.74 Å². The van der Waals surface area contributed by atoms with Crippen LogP contribution in [0, 0.1) is 22.9 Å². The standard InChI is InChI=1S/C12H12F3NO2/c1-12(2)5-18-11(17)16-10(12)9-7(14)3-6(13)4-8(9)15/h3-4,10H,5H2,1-2H3,(H,16,17)/t10-/m1/s1. The fourth-order valence-electron chi connectivity index (χ4n) is 1.98. The lowest BCUT2D eigenvalue weighted by molar-refractivity contribution is 0.0367. The number of amides is 1. The van der Waals surface area contributed by atoms with Crippen LogP contribution in [0.15, 0.2) is 12.1 Å². The van der Waals surface area contributed by atoms with Crippen LogP contribution >= 0.6 is 0 Å². The van der Waals surface area contributed by atoms with Gasteiger partial charge >= 0.3 is 6.09 Å². The van der Waals surface area contributed by atoms with Gasteiger partial charge in [0, 0.05) is 23.1 Å². The second-order valence-corrected chi connectivity index (χ2v) is 4.93. The maximum atomic E-state index is 13.7. The van der Waals surface area contributed by atoms with Crippen LogP contribution in [0.4, 0.5) is 18.0 Å². The van der Waals surface area contributed by atoms with Crippen molar-refractivity contribution in [3.63, 3.8) is 0 Å². The van der Waals surface area contributed by atoms with Gasteiger partial charge in [-0.1, -0.05) is 13.8 Å². The minimum atomic E-state index is -1.02. The molecule has 0 spiro atoms. The van der Waals surface area contributed by atoms with E-state index in [0.29, 0.717) is 12.1 Å². The van der Waals surface area contributed by atoms with Gasteiger partial charge < -0.3 is 10.1 Å². The van der Waals surface area contributed by atoms with Gasteiger partial charge in [-0.05, 0) is 0 Å². The highest BCUT2D eigenvalue weighted by molar-refractivity contribution is 5.69. The average molecular weight is 259 g/mol. The Balaban J connectivity index is 2.49. The van der Waals surface area contributed by atoms with Crippen molar-refractivity contribution in [3.05, 3.63) is 35.1 Å². The number of halogens is 3. The van der Waals surface area contributed by atoms with Gasteiger partial charge in [0.25, 0.3) is 0 Å². The first-order valence-electron chi connectivity index (χ1n) is 5.39. The van der Waals surface area contributed by atoms with Gasteiger partial charge in [-0.2, -0.15) is 0 Å². The molecule has 1 amide bonds. The molecule has 1 aromatic rings. The van der Waals surface area contributed by atoms with Gasteiger partial charge in [-0.15, -0.1) is 0 Å². The van der Waals surface area contributed by atoms with E-state index < -0.39 is 35.0 Å². The number of rotatable bonds is 1. The van der Waals surface area contributed by atoms with E-state index in [4.69, 9.17) is 4.74 Å². The zero-order valence-electron chi connectivity index (χ0n) is 9.89. The van der Waals surface area contributed by atoms with Crippen molar-refractivity contribution in [1.29, 1.82) is 0 Å². The fraction of sp³-hybridized carbons (Fsp3) is 0.417. The normalized spacial score (nSPS) is 22.3. The molecule has 1 aliphatic rings. The van der Waals surface area contributed by atoms with E-state index in [1.165, 1.54) is 0 Å². The summed E-state index contributed by atoms with van der Waals surface area (Å²) in [5.41, 5.74) is -1.05. The third kappa shape index (κ3) is 2.14. The summed E-state index contributed by atoms with van der Waals surface area (Å²) in [5.74, 6) is -3.04. The molecule has 6 heteroatoms. The second kappa shape index (κ2) is 4.19. The Morgan fingerprint density at radius 1 is 1.28 bits per heavy atom. The van der Waals surface area contributed by atoms with Crippen LogP contribution in [-0.4, -0.2) is 12.7 Å². The molecule has 0 aromatic heterocycles. The number of benzene rings is 1. The molecule has 1 aromatic carbocycles. The van der Waals surface area contributed by atoms with E-state index >= 15 is 0 Å². The number of ether oxygens (including phenoxy) is 1. The fourth-order valence-corrected chi connectivity index (χ4v) is 1.98. The molecule has 1 saturated heterocycles. The lowest BCUT2D eigenvalue weighted by atomic mass is 9.80. The first-order chi connectivity index (χ1) is 8.31. The van der Waals surface area contributed by atoms with E-state index in [1.807, 2.05) is 0 Å². The van der Waals surface area contributed by atoms with Crippen molar-refractivity contribution >= 4 is 6.09 Å². The summed E-state index contributed by atoms with van der Waals surface area (Å²) >= 11 is 0. The summed E-state index contributed by atoms with van der Waals surface area (Å²) in [5, 5.41) is 2.36. The predicted molar refractivity (Wildman–Crippen MR) is 57.3 cm³/mol. The number of alkyl carbamates (subject to hydrolysis) is 1. The molecule has 1 fully saturated rings. The Hall–Kier alpha value is -1.72. The van der Waals surface area contributed by atoms with Crippen LogP contribution in [0.25, 0.3) is 0 Å². The molecule has 0 unspecified atom stereocenters. The quantitative estimate of drug-likeness (QED) is 0.842. The van der Waals surface area contributed by atoms with Gasteiger partial charge in [0.2, 0.25) is 0 Å². The topological polar surface area (TPSA) is 38.3 Å². The molecule has 1 heterocycles. The minimum absolute atomic E-state index is 0.0275. The van der Waals surface area contributed by atoms with Crippen LogP contribution in [0.2, 0.25) is 0 Å². The Morgan fingerprint density at radius 2 is 1.83 bits per heavy atom. The van der Waals surface area contributed by atoms with Crippen molar-refractivity contribution < 1.29 is 22.7 Å². The number of hydrogen-bond acceptors (Lipinski definition) is 2. The summed E-state index contributed by atoms with van der Waals surface area (Å²) in [6.45, 7) is 3.42. The third-order valence-corrected chi connectivity index (χ3v) is 2.95. The summed E-state index contributed by atoms with van der Waals surface area (Å²) in [7, 11) is 0. The first kappa shape index (κ1) is 12.7. The van der Waals surface area contributed by atoms with Crippen LogP contribution < -0.4 is 5.32 Å². The predicted octanol–water partition coefficient (Wildman–Crippen LogP) is 2.91. The Labute approximate surface area is 102 Å². The number of cyclic esters (lactones) is 1. The van der Waals surface area contributed by atoms with Crippen LogP contribution in [0.5, 0.6) is 0 Å². The lowest BCUT2D eigenvalue weighted by Gasteiger charge is -2.38. The Kier molecular flexibility index (Phi) is 2.96. The zero-order chi connectivity index (χ0) is 13.5. The summed E-state index contributed by atoms with van der Waals surface area (Å²) in [4.78, 5) is 11.2. The Bertz CT molecular complexity index is 479. The molecule has 1 N–H and O–H groups in total. The highest BCUT2D eigenvalue weighted by atomic mass is 19.1. The smallest absolute Gasteiger partial charge is 0.407 e. The largest absolute Gasteiger partial charge is 0.449 e. The number of nitrogens with one attached hydrogen (secondary N) is 1. The molecule has 0 bridgehead atoms. The van der Waals surface area contributed by atoms with Crippen molar-refractivity contribution in [3.8, 4) is 0 Å². The number of hydrogen-bond donors (Lipinski definition) is 1. The number of carbonyl (C=O) groups excluding carboxylic acids is 1. The highest BCUT2D eigenvalue weighted by Crippen LogP contribution is 2.38. The van der Waals surface area contributed by atoms with E-state index in [2.05, 4.69) is 5.32 Å². The van der Waals surface area contributed by atoms with Gasteiger partial charge in [0.15, 0.2) is 0 Å². The van der Waals surface area contributed by atoms with Gasteiger partial charge in [0.05, 0.1) is 6.04 Å². The monoisotopic (exact) mass is 259 g/mol. The number of carbonyl (C=O) groups is 1. The molecule has 2 rings (SSSR count). The molecular formula is C12H12F3NO2. The molecule has 1 atom stereocenters. The lowest BCUT2D eigenvalue weighted by Crippen LogP contribution is -2.47. The Morgan fingerprint density at radius 3 is 2.39 bits per heavy atom. The maximum absolute atomic E-state index is 13.7. The van der Waals surface area contributed by atoms with Crippen LogP contribution in [0.1, 0.15) is 25.5 Å². The molecular weight excluding hydrogens is 247 g/mol. The average Bonchev–Trinajstić information content (AvgIpc) is 2.22. The molecule has 1 aliphatic heterocycles. The van der Waals surface area contributed by atoms with Crippen molar-refractivity contribution in [2.45, 2.75) is 19.9 Å². The maximum Gasteiger partial charge on any atom is 0.407 e. The van der Waals surface area contributed by atoms with Crippen molar-refractivity contribution in [1.82, 2.24) is 5.32 Å². The van der Waals surface area contributed by atoms with Crippen LogP contribution in [0.3, 0.4) is 0 Å². The second-order valence-electron chi connectivity index (χ2n) is 4.93. The van der Waals surface area contributed by atoms with Gasteiger partial charge in [-0.3, -0.25) is 0 Å². The summed E-state index contributed by atoms with van der Waals surface area (Å²) in [6.07, 6.45) is -0.748. The van der Waals surface area contributed by atoms with Crippen molar-refractivity contribution in [2.24, 2.45) is 5.41 Å². The molecule has 98 valence electrons.